The van der Waals surface area contributed by atoms with Gasteiger partial charge in [0.1, 0.15) is 4.99 Å². The van der Waals surface area contributed by atoms with Crippen molar-refractivity contribution in [1.29, 1.82) is 0 Å². The summed E-state index contributed by atoms with van der Waals surface area (Å²) < 4.78 is 0.938. The molecule has 0 radical (unpaired) electrons. The second-order valence-electron chi connectivity index (χ2n) is 4.85. The van der Waals surface area contributed by atoms with Crippen molar-refractivity contribution in [2.75, 3.05) is 18.0 Å². The van der Waals surface area contributed by atoms with E-state index in [0.29, 0.717) is 11.5 Å². The van der Waals surface area contributed by atoms with Crippen molar-refractivity contribution in [3.8, 4) is 0 Å². The molecule has 3 nitrogen and oxygen atoms in total. The van der Waals surface area contributed by atoms with Crippen molar-refractivity contribution in [2.24, 2.45) is 5.73 Å². The van der Waals surface area contributed by atoms with E-state index in [1.165, 1.54) is 0 Å². The Morgan fingerprint density at radius 2 is 2.11 bits per heavy atom. The Morgan fingerprint density at radius 3 is 2.56 bits per heavy atom. The number of nitrogens with zero attached hydrogens (tertiary/aromatic N) is 1. The van der Waals surface area contributed by atoms with E-state index in [-0.39, 0.29) is 0 Å². The van der Waals surface area contributed by atoms with Crippen LogP contribution in [-0.4, -0.2) is 28.8 Å². The third-order valence-corrected chi connectivity index (χ3v) is 3.24. The molecule has 0 unspecified atom stereocenters. The van der Waals surface area contributed by atoms with E-state index in [4.69, 9.17) is 18.0 Å². The Kier molecular flexibility index (Phi) is 5.13. The average Bonchev–Trinajstić information content (AvgIpc) is 2.24. The van der Waals surface area contributed by atoms with Crippen LogP contribution < -0.4 is 10.6 Å². The second-order valence-corrected chi connectivity index (χ2v) is 6.21. The largest absolute Gasteiger partial charge is 0.389 e. The van der Waals surface area contributed by atoms with Gasteiger partial charge >= 0.3 is 0 Å². The molecule has 0 spiro atoms. The van der Waals surface area contributed by atoms with Gasteiger partial charge in [0.15, 0.2) is 0 Å². The molecule has 0 saturated carbocycles. The first-order chi connectivity index (χ1) is 8.24. The highest BCUT2D eigenvalue weighted by Gasteiger charge is 2.20. The van der Waals surface area contributed by atoms with Gasteiger partial charge in [-0.15, -0.1) is 0 Å². The summed E-state index contributed by atoms with van der Waals surface area (Å²) >= 11 is 8.50. The lowest BCUT2D eigenvalue weighted by atomic mass is 10.1. The lowest BCUT2D eigenvalue weighted by molar-refractivity contribution is 0.0876. The highest BCUT2D eigenvalue weighted by molar-refractivity contribution is 9.10. The summed E-state index contributed by atoms with van der Waals surface area (Å²) in [4.78, 5) is 2.43. The van der Waals surface area contributed by atoms with Gasteiger partial charge < -0.3 is 15.7 Å². The molecule has 0 saturated heterocycles. The third kappa shape index (κ3) is 4.23. The number of aliphatic hydroxyl groups is 1. The summed E-state index contributed by atoms with van der Waals surface area (Å²) in [6.07, 6.45) is 0. The Hall–Kier alpha value is -0.650. The Morgan fingerprint density at radius 1 is 1.50 bits per heavy atom. The van der Waals surface area contributed by atoms with E-state index in [1.54, 1.807) is 13.8 Å². The highest BCUT2D eigenvalue weighted by atomic mass is 79.9. The molecule has 0 aliphatic rings. The number of thiocarbonyl (C=S) groups is 1. The van der Waals surface area contributed by atoms with Crippen LogP contribution >= 0.6 is 28.1 Å². The zero-order valence-electron chi connectivity index (χ0n) is 10.9. The number of rotatable bonds is 5. The molecule has 100 valence electrons. The lowest BCUT2D eigenvalue weighted by Gasteiger charge is -2.31. The van der Waals surface area contributed by atoms with Gasteiger partial charge in [0, 0.05) is 28.8 Å². The maximum Gasteiger partial charge on any atom is 0.106 e. The molecule has 3 N–H and O–H groups in total. The molecule has 0 aliphatic carbocycles. The molecule has 0 atom stereocenters. The van der Waals surface area contributed by atoms with E-state index >= 15 is 0 Å². The highest BCUT2D eigenvalue weighted by Crippen LogP contribution is 2.26. The van der Waals surface area contributed by atoms with E-state index in [9.17, 15) is 5.11 Å². The fourth-order valence-electron chi connectivity index (χ4n) is 1.82. The number of hydrogen-bond donors (Lipinski definition) is 2. The van der Waals surface area contributed by atoms with Crippen LogP contribution in [0.5, 0.6) is 0 Å². The predicted molar refractivity (Wildman–Crippen MR) is 84.2 cm³/mol. The Balaban J connectivity index is 3.17. The Bertz CT molecular complexity index is 443. The van der Waals surface area contributed by atoms with Crippen LogP contribution in [0.1, 0.15) is 26.3 Å². The topological polar surface area (TPSA) is 49.5 Å². The Labute approximate surface area is 122 Å². The van der Waals surface area contributed by atoms with Gasteiger partial charge in [-0.3, -0.25) is 0 Å². The molecule has 0 fully saturated rings. The summed E-state index contributed by atoms with van der Waals surface area (Å²) in [5, 5.41) is 9.95. The lowest BCUT2D eigenvalue weighted by Crippen LogP contribution is -2.39. The molecule has 1 aromatic carbocycles. The SMILES string of the molecule is CCN(CC(C)(C)O)c1ccc(Br)cc1C(N)=S. The minimum Gasteiger partial charge on any atom is -0.389 e. The van der Waals surface area contributed by atoms with Gasteiger partial charge in [0.2, 0.25) is 0 Å². The number of nitrogens with two attached hydrogens (primary N) is 1. The number of hydrogen-bond acceptors (Lipinski definition) is 3. The predicted octanol–water partition coefficient (Wildman–Crippen LogP) is 2.68. The number of anilines is 1. The smallest absolute Gasteiger partial charge is 0.106 e. The number of benzene rings is 1. The maximum atomic E-state index is 9.95. The van der Waals surface area contributed by atoms with E-state index in [2.05, 4.69) is 20.8 Å². The van der Waals surface area contributed by atoms with Crippen LogP contribution in [-0.2, 0) is 0 Å². The summed E-state index contributed by atoms with van der Waals surface area (Å²) in [5.74, 6) is 0. The minimum atomic E-state index is -0.767. The molecule has 18 heavy (non-hydrogen) atoms. The van der Waals surface area contributed by atoms with Gasteiger partial charge in [0.05, 0.1) is 5.60 Å². The van der Waals surface area contributed by atoms with Crippen molar-refractivity contribution in [2.45, 2.75) is 26.4 Å². The number of likely N-dealkylation sites (N-methyl/N-ethyl adjacent to an activating group) is 1. The molecule has 0 bridgehead atoms. The summed E-state index contributed by atoms with van der Waals surface area (Å²) in [6.45, 7) is 6.92. The summed E-state index contributed by atoms with van der Waals surface area (Å²) in [5.41, 5.74) is 6.77. The molecular weight excluding hydrogens is 312 g/mol. The molecule has 0 amide bonds. The fraction of sp³-hybridized carbons (Fsp3) is 0.462. The summed E-state index contributed by atoms with van der Waals surface area (Å²) in [7, 11) is 0. The van der Waals surface area contributed by atoms with Crippen LogP contribution in [0, 0.1) is 0 Å². The van der Waals surface area contributed by atoms with Crippen LogP contribution in [0.3, 0.4) is 0 Å². The summed E-state index contributed by atoms with van der Waals surface area (Å²) in [6, 6.07) is 5.82. The average molecular weight is 331 g/mol. The van der Waals surface area contributed by atoms with Crippen molar-refractivity contribution in [3.63, 3.8) is 0 Å². The second kappa shape index (κ2) is 5.99. The van der Waals surface area contributed by atoms with Crippen molar-refractivity contribution < 1.29 is 5.11 Å². The van der Waals surface area contributed by atoms with Crippen LogP contribution in [0.25, 0.3) is 0 Å². The van der Waals surface area contributed by atoms with Gasteiger partial charge in [0.25, 0.3) is 0 Å². The van der Waals surface area contributed by atoms with Crippen molar-refractivity contribution >= 4 is 38.8 Å². The normalized spacial score (nSPS) is 11.4. The molecular formula is C13H19BrN2OS. The third-order valence-electron chi connectivity index (χ3n) is 2.52. The maximum absolute atomic E-state index is 9.95. The zero-order chi connectivity index (χ0) is 13.9. The molecule has 0 heterocycles. The quantitative estimate of drug-likeness (QED) is 0.815. The molecule has 1 rings (SSSR count). The van der Waals surface area contributed by atoms with E-state index in [1.807, 2.05) is 25.1 Å². The first kappa shape index (κ1) is 15.4. The van der Waals surface area contributed by atoms with Gasteiger partial charge in [-0.05, 0) is 39.0 Å². The van der Waals surface area contributed by atoms with Crippen molar-refractivity contribution in [1.82, 2.24) is 0 Å². The van der Waals surface area contributed by atoms with Crippen LogP contribution in [0.15, 0.2) is 22.7 Å². The van der Waals surface area contributed by atoms with Crippen LogP contribution in [0.4, 0.5) is 5.69 Å². The number of halogens is 1. The van der Waals surface area contributed by atoms with Crippen molar-refractivity contribution in [3.05, 3.63) is 28.2 Å². The first-order valence-corrected chi connectivity index (χ1v) is 7.01. The molecule has 0 aliphatic heterocycles. The molecule has 0 aromatic heterocycles. The van der Waals surface area contributed by atoms with Gasteiger partial charge in [-0.25, -0.2) is 0 Å². The standard InChI is InChI=1S/C13H19BrN2OS/c1-4-16(8-13(2,3)17)11-6-5-9(14)7-10(11)12(15)18/h5-7,17H,4,8H2,1-3H3,(H2,15,18). The fourth-order valence-corrected chi connectivity index (χ4v) is 2.34. The van der Waals surface area contributed by atoms with E-state index in [0.717, 1.165) is 22.3 Å². The zero-order valence-corrected chi connectivity index (χ0v) is 13.3. The van der Waals surface area contributed by atoms with Crippen LogP contribution in [0.2, 0.25) is 0 Å². The van der Waals surface area contributed by atoms with Gasteiger partial charge in [-0.2, -0.15) is 0 Å². The minimum absolute atomic E-state index is 0.362. The molecule has 5 heteroatoms. The monoisotopic (exact) mass is 330 g/mol. The molecule has 1 aromatic rings. The first-order valence-electron chi connectivity index (χ1n) is 5.81. The van der Waals surface area contributed by atoms with Gasteiger partial charge in [-0.1, -0.05) is 28.1 Å². The van der Waals surface area contributed by atoms with E-state index < -0.39 is 5.60 Å².